The maximum atomic E-state index is 12.1. The van der Waals surface area contributed by atoms with Crippen LogP contribution in [0.1, 0.15) is 45.4 Å². The number of amides is 1. The summed E-state index contributed by atoms with van der Waals surface area (Å²) in [6.45, 7) is 4.72. The topological polar surface area (TPSA) is 41.6 Å². The molecule has 0 aromatic heterocycles. The third kappa shape index (κ3) is 4.77. The van der Waals surface area contributed by atoms with Crippen molar-refractivity contribution in [1.82, 2.24) is 10.2 Å². The van der Waals surface area contributed by atoms with Crippen LogP contribution in [0.4, 0.5) is 0 Å². The van der Waals surface area contributed by atoms with Gasteiger partial charge in [-0.2, -0.15) is 0 Å². The van der Waals surface area contributed by atoms with Crippen molar-refractivity contribution in [2.75, 3.05) is 26.7 Å². The highest BCUT2D eigenvalue weighted by Crippen LogP contribution is 2.26. The number of morpholine rings is 1. The summed E-state index contributed by atoms with van der Waals surface area (Å²) in [6.07, 6.45) is 7.22. The van der Waals surface area contributed by atoms with Crippen LogP contribution in [0.2, 0.25) is 0 Å². The molecule has 1 aliphatic carbocycles. The van der Waals surface area contributed by atoms with Gasteiger partial charge < -0.3 is 15.0 Å². The number of ether oxygens (including phenoxy) is 1. The summed E-state index contributed by atoms with van der Waals surface area (Å²) in [6, 6.07) is 0.110. The molecule has 0 radical (unpaired) electrons. The summed E-state index contributed by atoms with van der Waals surface area (Å²) in [5.41, 5.74) is 0. The van der Waals surface area contributed by atoms with E-state index in [0.717, 1.165) is 19.7 Å². The Balaban J connectivity index is 1.71. The monoisotopic (exact) mass is 268 g/mol. The summed E-state index contributed by atoms with van der Waals surface area (Å²) in [5, 5.41) is 3.13. The molecule has 2 atom stereocenters. The van der Waals surface area contributed by atoms with E-state index in [1.165, 1.54) is 32.1 Å². The molecule has 1 N–H and O–H groups in total. The highest BCUT2D eigenvalue weighted by molar-refractivity contribution is 5.76. The van der Waals surface area contributed by atoms with Crippen LogP contribution < -0.4 is 5.32 Å². The second-order valence-corrected chi connectivity index (χ2v) is 6.24. The molecule has 2 rings (SSSR count). The second-order valence-electron chi connectivity index (χ2n) is 6.24. The Morgan fingerprint density at radius 2 is 2.11 bits per heavy atom. The van der Waals surface area contributed by atoms with E-state index < -0.39 is 0 Å². The summed E-state index contributed by atoms with van der Waals surface area (Å²) >= 11 is 0. The highest BCUT2D eigenvalue weighted by Gasteiger charge is 2.25. The summed E-state index contributed by atoms with van der Waals surface area (Å²) in [5.74, 6) is 0.812. The van der Waals surface area contributed by atoms with E-state index in [4.69, 9.17) is 4.74 Å². The van der Waals surface area contributed by atoms with Gasteiger partial charge in [0.15, 0.2) is 0 Å². The summed E-state index contributed by atoms with van der Waals surface area (Å²) < 4.78 is 5.74. The van der Waals surface area contributed by atoms with E-state index >= 15 is 0 Å². The van der Waals surface area contributed by atoms with Crippen LogP contribution in [0.25, 0.3) is 0 Å². The lowest BCUT2D eigenvalue weighted by Gasteiger charge is -2.34. The number of hydrogen-bond acceptors (Lipinski definition) is 3. The van der Waals surface area contributed by atoms with Crippen molar-refractivity contribution in [2.45, 2.75) is 57.6 Å². The predicted octanol–water partition coefficient (Wildman–Crippen LogP) is 1.79. The van der Waals surface area contributed by atoms with Crippen LogP contribution in [0.3, 0.4) is 0 Å². The molecule has 1 saturated carbocycles. The Kier molecular flexibility index (Phi) is 5.64. The number of hydrogen-bond donors (Lipinski definition) is 1. The quantitative estimate of drug-likeness (QED) is 0.845. The molecule has 0 aromatic rings. The standard InChI is InChI=1S/C15H28N2O2/c1-12(14-11-17(2)8-9-19-14)16-15(18)10-13-6-4-3-5-7-13/h12-14H,3-11H2,1-2H3,(H,16,18)/t12-,14-/m1/s1. The van der Waals surface area contributed by atoms with Gasteiger partial charge in [-0.25, -0.2) is 0 Å². The SMILES string of the molecule is C[C@@H](NC(=O)CC1CCCCC1)[C@H]1CN(C)CCO1. The molecule has 0 unspecified atom stereocenters. The first kappa shape index (κ1) is 14.8. The molecule has 19 heavy (non-hydrogen) atoms. The van der Waals surface area contributed by atoms with Gasteiger partial charge in [0, 0.05) is 19.5 Å². The number of likely N-dealkylation sites (N-methyl/N-ethyl adjacent to an activating group) is 1. The molecular weight excluding hydrogens is 240 g/mol. The zero-order valence-electron chi connectivity index (χ0n) is 12.4. The smallest absolute Gasteiger partial charge is 0.220 e. The largest absolute Gasteiger partial charge is 0.373 e. The van der Waals surface area contributed by atoms with Crippen LogP contribution in [-0.2, 0) is 9.53 Å². The predicted molar refractivity (Wildman–Crippen MR) is 76.0 cm³/mol. The van der Waals surface area contributed by atoms with Crippen LogP contribution in [0, 0.1) is 5.92 Å². The van der Waals surface area contributed by atoms with Gasteiger partial charge in [-0.05, 0) is 32.7 Å². The van der Waals surface area contributed by atoms with Gasteiger partial charge in [-0.1, -0.05) is 19.3 Å². The summed E-state index contributed by atoms with van der Waals surface area (Å²) in [7, 11) is 2.10. The Bertz CT molecular complexity index is 290. The zero-order chi connectivity index (χ0) is 13.7. The minimum Gasteiger partial charge on any atom is -0.373 e. The van der Waals surface area contributed by atoms with Gasteiger partial charge in [0.1, 0.15) is 0 Å². The molecular formula is C15H28N2O2. The Labute approximate surface area is 116 Å². The molecule has 1 amide bonds. The van der Waals surface area contributed by atoms with E-state index in [1.807, 2.05) is 0 Å². The third-order valence-electron chi connectivity index (χ3n) is 4.44. The number of carbonyl (C=O) groups excluding carboxylic acids is 1. The van der Waals surface area contributed by atoms with Crippen molar-refractivity contribution in [3.63, 3.8) is 0 Å². The molecule has 110 valence electrons. The number of rotatable bonds is 4. The fraction of sp³-hybridized carbons (Fsp3) is 0.933. The van der Waals surface area contributed by atoms with E-state index in [0.29, 0.717) is 12.3 Å². The molecule has 0 aromatic carbocycles. The molecule has 1 aliphatic heterocycles. The normalized spacial score (nSPS) is 28.0. The average Bonchev–Trinajstić information content (AvgIpc) is 2.39. The molecule has 4 nitrogen and oxygen atoms in total. The van der Waals surface area contributed by atoms with Crippen LogP contribution in [0.5, 0.6) is 0 Å². The first-order valence-corrected chi connectivity index (χ1v) is 7.74. The van der Waals surface area contributed by atoms with E-state index in [1.54, 1.807) is 0 Å². The molecule has 2 aliphatic rings. The maximum Gasteiger partial charge on any atom is 0.220 e. The van der Waals surface area contributed by atoms with Gasteiger partial charge in [0.25, 0.3) is 0 Å². The molecule has 1 saturated heterocycles. The lowest BCUT2D eigenvalue weighted by Crippen LogP contribution is -2.51. The van der Waals surface area contributed by atoms with Gasteiger partial charge in [0.2, 0.25) is 5.91 Å². The van der Waals surface area contributed by atoms with Crippen molar-refractivity contribution >= 4 is 5.91 Å². The maximum absolute atomic E-state index is 12.1. The molecule has 1 heterocycles. The van der Waals surface area contributed by atoms with Gasteiger partial charge >= 0.3 is 0 Å². The number of carbonyl (C=O) groups is 1. The minimum atomic E-state index is 0.110. The van der Waals surface area contributed by atoms with Crippen LogP contribution in [-0.4, -0.2) is 49.7 Å². The Morgan fingerprint density at radius 1 is 1.37 bits per heavy atom. The Hall–Kier alpha value is -0.610. The molecule has 4 heteroatoms. The molecule has 2 fully saturated rings. The zero-order valence-corrected chi connectivity index (χ0v) is 12.4. The fourth-order valence-corrected chi connectivity index (χ4v) is 3.17. The molecule has 0 bridgehead atoms. The number of nitrogens with zero attached hydrogens (tertiary/aromatic N) is 1. The fourth-order valence-electron chi connectivity index (χ4n) is 3.17. The lowest BCUT2D eigenvalue weighted by atomic mass is 9.87. The van der Waals surface area contributed by atoms with Crippen LogP contribution in [0.15, 0.2) is 0 Å². The van der Waals surface area contributed by atoms with Gasteiger partial charge in [0.05, 0.1) is 18.8 Å². The second kappa shape index (κ2) is 7.25. The van der Waals surface area contributed by atoms with Gasteiger partial charge in [-0.3, -0.25) is 4.79 Å². The minimum absolute atomic E-state index is 0.110. The van der Waals surface area contributed by atoms with Crippen molar-refractivity contribution in [1.29, 1.82) is 0 Å². The Morgan fingerprint density at radius 3 is 2.79 bits per heavy atom. The van der Waals surface area contributed by atoms with Crippen LogP contribution >= 0.6 is 0 Å². The first-order valence-electron chi connectivity index (χ1n) is 7.74. The highest BCUT2D eigenvalue weighted by atomic mass is 16.5. The summed E-state index contributed by atoms with van der Waals surface area (Å²) in [4.78, 5) is 14.3. The van der Waals surface area contributed by atoms with E-state index in [2.05, 4.69) is 24.2 Å². The van der Waals surface area contributed by atoms with Crippen molar-refractivity contribution in [2.24, 2.45) is 5.92 Å². The lowest BCUT2D eigenvalue weighted by molar-refractivity contribution is -0.124. The third-order valence-corrected chi connectivity index (χ3v) is 4.44. The van der Waals surface area contributed by atoms with E-state index in [-0.39, 0.29) is 18.1 Å². The van der Waals surface area contributed by atoms with Crippen molar-refractivity contribution in [3.8, 4) is 0 Å². The van der Waals surface area contributed by atoms with Crippen molar-refractivity contribution in [3.05, 3.63) is 0 Å². The molecule has 0 spiro atoms. The van der Waals surface area contributed by atoms with Crippen molar-refractivity contribution < 1.29 is 9.53 Å². The number of nitrogens with one attached hydrogen (secondary N) is 1. The first-order chi connectivity index (χ1) is 9.15. The van der Waals surface area contributed by atoms with E-state index in [9.17, 15) is 4.79 Å². The van der Waals surface area contributed by atoms with Gasteiger partial charge in [-0.15, -0.1) is 0 Å². The average molecular weight is 268 g/mol.